The van der Waals surface area contributed by atoms with Crippen LogP contribution in [0.15, 0.2) is 30.3 Å². The van der Waals surface area contributed by atoms with Crippen LogP contribution >= 0.6 is 0 Å². The molecule has 19 heavy (non-hydrogen) atoms. The third kappa shape index (κ3) is 3.94. The lowest BCUT2D eigenvalue weighted by Crippen LogP contribution is -2.52. The van der Waals surface area contributed by atoms with Crippen LogP contribution < -0.4 is 4.74 Å². The molecule has 2 rings (SSSR count). The number of para-hydroxylation sites is 1. The Hall–Kier alpha value is -1.59. The lowest BCUT2D eigenvalue weighted by molar-refractivity contribution is -0.144. The second-order valence-electron chi connectivity index (χ2n) is 4.37. The molecule has 0 N–H and O–H groups in total. The zero-order chi connectivity index (χ0) is 13.5. The molecule has 1 aliphatic rings. The van der Waals surface area contributed by atoms with Crippen molar-refractivity contribution < 1.29 is 19.0 Å². The van der Waals surface area contributed by atoms with E-state index in [1.54, 1.807) is 12.0 Å². The van der Waals surface area contributed by atoms with Gasteiger partial charge in [0.15, 0.2) is 6.61 Å². The minimum atomic E-state index is -0.0331. The lowest BCUT2D eigenvalue weighted by atomic mass is 10.2. The number of hydrogen-bond donors (Lipinski definition) is 0. The number of rotatable bonds is 5. The minimum absolute atomic E-state index is 0.0226. The molecule has 1 atom stereocenters. The van der Waals surface area contributed by atoms with E-state index in [-0.39, 0.29) is 18.6 Å². The molecular weight excluding hydrogens is 246 g/mol. The molecule has 1 saturated heterocycles. The number of methoxy groups -OCH3 is 1. The van der Waals surface area contributed by atoms with Crippen molar-refractivity contribution in [2.45, 2.75) is 6.04 Å². The third-order valence-electron chi connectivity index (χ3n) is 3.01. The van der Waals surface area contributed by atoms with Crippen molar-refractivity contribution in [1.82, 2.24) is 4.90 Å². The SMILES string of the molecule is COCC1COCCN1C(=O)COc1ccccc1. The number of amides is 1. The number of morpholine rings is 1. The first-order valence-electron chi connectivity index (χ1n) is 6.35. The van der Waals surface area contributed by atoms with Crippen molar-refractivity contribution in [3.8, 4) is 5.75 Å². The normalized spacial score (nSPS) is 19.2. The van der Waals surface area contributed by atoms with Gasteiger partial charge < -0.3 is 19.1 Å². The number of carbonyl (C=O) groups is 1. The van der Waals surface area contributed by atoms with Crippen LogP contribution in [0.3, 0.4) is 0 Å². The molecule has 0 aromatic heterocycles. The van der Waals surface area contributed by atoms with Gasteiger partial charge in [0.05, 0.1) is 25.9 Å². The second-order valence-corrected chi connectivity index (χ2v) is 4.37. The molecule has 5 nitrogen and oxygen atoms in total. The average Bonchev–Trinajstić information content (AvgIpc) is 2.47. The van der Waals surface area contributed by atoms with E-state index in [0.717, 1.165) is 0 Å². The summed E-state index contributed by atoms with van der Waals surface area (Å²) in [5.74, 6) is 0.668. The second kappa shape index (κ2) is 7.11. The van der Waals surface area contributed by atoms with E-state index in [1.807, 2.05) is 30.3 Å². The third-order valence-corrected chi connectivity index (χ3v) is 3.01. The molecule has 1 heterocycles. The monoisotopic (exact) mass is 265 g/mol. The number of benzene rings is 1. The smallest absolute Gasteiger partial charge is 0.260 e. The quantitative estimate of drug-likeness (QED) is 0.795. The predicted molar refractivity (Wildman–Crippen MR) is 70.1 cm³/mol. The zero-order valence-electron chi connectivity index (χ0n) is 11.1. The topological polar surface area (TPSA) is 48.0 Å². The van der Waals surface area contributed by atoms with Gasteiger partial charge in [0.2, 0.25) is 0 Å². The van der Waals surface area contributed by atoms with E-state index in [2.05, 4.69) is 0 Å². The summed E-state index contributed by atoms with van der Waals surface area (Å²) in [4.78, 5) is 13.9. The first-order valence-corrected chi connectivity index (χ1v) is 6.35. The summed E-state index contributed by atoms with van der Waals surface area (Å²) in [6.45, 7) is 2.20. The zero-order valence-corrected chi connectivity index (χ0v) is 11.1. The van der Waals surface area contributed by atoms with Crippen LogP contribution in [0.2, 0.25) is 0 Å². The molecular formula is C14H19NO4. The van der Waals surface area contributed by atoms with Crippen molar-refractivity contribution in [2.75, 3.05) is 40.1 Å². The molecule has 0 aliphatic carbocycles. The average molecular weight is 265 g/mol. The maximum absolute atomic E-state index is 12.1. The maximum Gasteiger partial charge on any atom is 0.260 e. The molecule has 5 heteroatoms. The van der Waals surface area contributed by atoms with Crippen molar-refractivity contribution in [2.24, 2.45) is 0 Å². The molecule has 1 unspecified atom stereocenters. The van der Waals surface area contributed by atoms with E-state index in [4.69, 9.17) is 14.2 Å². The van der Waals surface area contributed by atoms with Gasteiger partial charge in [-0.1, -0.05) is 18.2 Å². The van der Waals surface area contributed by atoms with Crippen LogP contribution in [0.25, 0.3) is 0 Å². The Kier molecular flexibility index (Phi) is 5.18. The van der Waals surface area contributed by atoms with Gasteiger partial charge in [0, 0.05) is 13.7 Å². The van der Waals surface area contributed by atoms with E-state index >= 15 is 0 Å². The molecule has 1 aromatic rings. The van der Waals surface area contributed by atoms with Gasteiger partial charge in [0.1, 0.15) is 5.75 Å². The molecule has 0 saturated carbocycles. The van der Waals surface area contributed by atoms with Crippen molar-refractivity contribution in [3.05, 3.63) is 30.3 Å². The fraction of sp³-hybridized carbons (Fsp3) is 0.500. The Labute approximate surface area is 113 Å². The van der Waals surface area contributed by atoms with Crippen LogP contribution in [-0.2, 0) is 14.3 Å². The number of hydrogen-bond acceptors (Lipinski definition) is 4. The summed E-state index contributed by atoms with van der Waals surface area (Å²) >= 11 is 0. The molecule has 1 amide bonds. The van der Waals surface area contributed by atoms with Gasteiger partial charge in [-0.15, -0.1) is 0 Å². The first kappa shape index (κ1) is 13.8. The fourth-order valence-electron chi connectivity index (χ4n) is 2.06. The Morgan fingerprint density at radius 1 is 1.42 bits per heavy atom. The first-order chi connectivity index (χ1) is 9.31. The van der Waals surface area contributed by atoms with Crippen LogP contribution in [0.5, 0.6) is 5.75 Å². The predicted octanol–water partition coefficient (Wildman–Crippen LogP) is 0.939. The van der Waals surface area contributed by atoms with Gasteiger partial charge in [-0.2, -0.15) is 0 Å². The Bertz CT molecular complexity index is 394. The van der Waals surface area contributed by atoms with Gasteiger partial charge >= 0.3 is 0 Å². The molecule has 0 radical (unpaired) electrons. The molecule has 1 fully saturated rings. The van der Waals surface area contributed by atoms with Crippen LogP contribution in [0.4, 0.5) is 0 Å². The standard InChI is InChI=1S/C14H19NO4/c1-17-9-12-10-18-8-7-15(12)14(16)11-19-13-5-3-2-4-6-13/h2-6,12H,7-11H2,1H3. The summed E-state index contributed by atoms with van der Waals surface area (Å²) in [7, 11) is 1.62. The molecule has 1 aliphatic heterocycles. The molecule has 104 valence electrons. The number of carbonyl (C=O) groups excluding carboxylic acids is 1. The summed E-state index contributed by atoms with van der Waals surface area (Å²) in [5.41, 5.74) is 0. The summed E-state index contributed by atoms with van der Waals surface area (Å²) in [5, 5.41) is 0. The number of ether oxygens (including phenoxy) is 3. The van der Waals surface area contributed by atoms with Crippen molar-refractivity contribution in [1.29, 1.82) is 0 Å². The highest BCUT2D eigenvalue weighted by molar-refractivity contribution is 5.78. The Morgan fingerprint density at radius 2 is 2.21 bits per heavy atom. The van der Waals surface area contributed by atoms with Crippen LogP contribution in [0, 0.1) is 0 Å². The Balaban J connectivity index is 1.87. The Morgan fingerprint density at radius 3 is 2.95 bits per heavy atom. The van der Waals surface area contributed by atoms with Crippen LogP contribution in [0.1, 0.15) is 0 Å². The highest BCUT2D eigenvalue weighted by Crippen LogP contribution is 2.11. The van der Waals surface area contributed by atoms with E-state index in [0.29, 0.717) is 32.1 Å². The molecule has 1 aromatic carbocycles. The largest absolute Gasteiger partial charge is 0.484 e. The highest BCUT2D eigenvalue weighted by atomic mass is 16.5. The maximum atomic E-state index is 12.1. The van der Waals surface area contributed by atoms with Gasteiger partial charge in [-0.3, -0.25) is 4.79 Å². The highest BCUT2D eigenvalue weighted by Gasteiger charge is 2.27. The van der Waals surface area contributed by atoms with Gasteiger partial charge in [-0.05, 0) is 12.1 Å². The van der Waals surface area contributed by atoms with Crippen LogP contribution in [-0.4, -0.2) is 56.9 Å². The lowest BCUT2D eigenvalue weighted by Gasteiger charge is -2.35. The summed E-state index contributed by atoms with van der Waals surface area (Å²) in [6.07, 6.45) is 0. The summed E-state index contributed by atoms with van der Waals surface area (Å²) in [6, 6.07) is 9.31. The minimum Gasteiger partial charge on any atom is -0.484 e. The molecule has 0 bridgehead atoms. The van der Waals surface area contributed by atoms with E-state index < -0.39 is 0 Å². The number of nitrogens with zero attached hydrogens (tertiary/aromatic N) is 1. The van der Waals surface area contributed by atoms with Gasteiger partial charge in [0.25, 0.3) is 5.91 Å². The summed E-state index contributed by atoms with van der Waals surface area (Å²) < 4.78 is 15.9. The van der Waals surface area contributed by atoms with Gasteiger partial charge in [-0.25, -0.2) is 0 Å². The van der Waals surface area contributed by atoms with Crippen molar-refractivity contribution in [3.63, 3.8) is 0 Å². The molecule has 0 spiro atoms. The van der Waals surface area contributed by atoms with Crippen molar-refractivity contribution >= 4 is 5.91 Å². The van der Waals surface area contributed by atoms with E-state index in [9.17, 15) is 4.79 Å². The van der Waals surface area contributed by atoms with E-state index in [1.165, 1.54) is 0 Å². The fourth-order valence-corrected chi connectivity index (χ4v) is 2.06.